The standard InChI is InChI=1S/C14H18ClN3/c15-13-2-1-12(8-16-13)17-6-4-14(10-17)7-11-3-5-18(14)9-11/h1-2,8,11H,3-7,9-10H2. The van der Waals surface area contributed by atoms with E-state index in [4.69, 9.17) is 11.6 Å². The number of fused-ring (bicyclic) bond motifs is 3. The third kappa shape index (κ3) is 1.57. The Morgan fingerprint density at radius 1 is 1.33 bits per heavy atom. The summed E-state index contributed by atoms with van der Waals surface area (Å²) in [6, 6.07) is 3.99. The van der Waals surface area contributed by atoms with Crippen molar-refractivity contribution in [3.8, 4) is 0 Å². The van der Waals surface area contributed by atoms with Crippen LogP contribution in [0, 0.1) is 5.92 Å². The summed E-state index contributed by atoms with van der Waals surface area (Å²) in [5, 5.41) is 0.580. The molecule has 0 amide bonds. The first-order chi connectivity index (χ1) is 8.75. The predicted molar refractivity (Wildman–Crippen MR) is 73.1 cm³/mol. The van der Waals surface area contributed by atoms with Crippen LogP contribution in [-0.2, 0) is 0 Å². The number of nitrogens with zero attached hydrogens (tertiary/aromatic N) is 3. The van der Waals surface area contributed by atoms with Gasteiger partial charge in [0, 0.05) is 25.2 Å². The molecule has 1 spiro atoms. The van der Waals surface area contributed by atoms with Crippen molar-refractivity contribution in [2.24, 2.45) is 5.92 Å². The van der Waals surface area contributed by atoms with Gasteiger partial charge >= 0.3 is 0 Å². The zero-order valence-corrected chi connectivity index (χ0v) is 11.2. The molecule has 0 aliphatic carbocycles. The van der Waals surface area contributed by atoms with Gasteiger partial charge in [0.1, 0.15) is 5.15 Å². The second-order valence-corrected chi connectivity index (χ2v) is 6.43. The molecule has 3 nitrogen and oxygen atoms in total. The van der Waals surface area contributed by atoms with Crippen LogP contribution in [0.3, 0.4) is 0 Å². The average Bonchev–Trinajstić information content (AvgIpc) is 3.06. The van der Waals surface area contributed by atoms with Crippen molar-refractivity contribution in [3.63, 3.8) is 0 Å². The predicted octanol–water partition coefficient (Wildman–Crippen LogP) is 2.41. The molecule has 3 aliphatic heterocycles. The van der Waals surface area contributed by atoms with E-state index in [0.29, 0.717) is 10.7 Å². The SMILES string of the molecule is Clc1ccc(N2CCC3(CC4CCN3C4)C2)cn1. The number of pyridine rings is 1. The molecule has 2 bridgehead atoms. The summed E-state index contributed by atoms with van der Waals surface area (Å²) in [6.45, 7) is 4.99. The fraction of sp³-hybridized carbons (Fsp3) is 0.643. The van der Waals surface area contributed by atoms with Gasteiger partial charge in [0.25, 0.3) is 0 Å². The fourth-order valence-corrected chi connectivity index (χ4v) is 4.26. The Hall–Kier alpha value is -0.800. The molecule has 0 N–H and O–H groups in total. The zero-order chi connectivity index (χ0) is 12.2. The summed E-state index contributed by atoms with van der Waals surface area (Å²) in [6.07, 6.45) is 6.05. The van der Waals surface area contributed by atoms with Gasteiger partial charge in [0.05, 0.1) is 11.9 Å². The quantitative estimate of drug-likeness (QED) is 0.726. The molecule has 0 radical (unpaired) electrons. The molecule has 3 atom stereocenters. The van der Waals surface area contributed by atoms with E-state index in [1.54, 1.807) is 0 Å². The Kier molecular flexibility index (Phi) is 2.36. The zero-order valence-electron chi connectivity index (χ0n) is 10.5. The molecule has 3 saturated heterocycles. The normalized spacial score (nSPS) is 37.9. The molecule has 18 heavy (non-hydrogen) atoms. The summed E-state index contributed by atoms with van der Waals surface area (Å²) < 4.78 is 0. The summed E-state index contributed by atoms with van der Waals surface area (Å²) in [4.78, 5) is 9.41. The largest absolute Gasteiger partial charge is 0.368 e. The third-order valence-corrected chi connectivity index (χ3v) is 5.26. The van der Waals surface area contributed by atoms with Gasteiger partial charge in [-0.1, -0.05) is 11.6 Å². The highest BCUT2D eigenvalue weighted by Crippen LogP contribution is 2.46. The first-order valence-electron chi connectivity index (χ1n) is 6.87. The second-order valence-electron chi connectivity index (χ2n) is 6.04. The lowest BCUT2D eigenvalue weighted by atomic mass is 9.87. The molecule has 1 aromatic rings. The van der Waals surface area contributed by atoms with Crippen molar-refractivity contribution in [3.05, 3.63) is 23.5 Å². The van der Waals surface area contributed by atoms with E-state index in [1.165, 1.54) is 44.6 Å². The molecule has 3 unspecified atom stereocenters. The minimum atomic E-state index is 0.475. The van der Waals surface area contributed by atoms with Gasteiger partial charge in [-0.3, -0.25) is 4.90 Å². The van der Waals surface area contributed by atoms with Crippen LogP contribution in [0.15, 0.2) is 18.3 Å². The third-order valence-electron chi connectivity index (χ3n) is 5.03. The summed E-state index contributed by atoms with van der Waals surface area (Å²) in [5.41, 5.74) is 1.70. The second kappa shape index (κ2) is 3.84. The maximum Gasteiger partial charge on any atom is 0.129 e. The van der Waals surface area contributed by atoms with Crippen molar-refractivity contribution in [1.29, 1.82) is 0 Å². The summed E-state index contributed by atoms with van der Waals surface area (Å²) in [7, 11) is 0. The Balaban J connectivity index is 1.55. The van der Waals surface area contributed by atoms with Gasteiger partial charge in [0.15, 0.2) is 0 Å². The maximum absolute atomic E-state index is 5.85. The summed E-state index contributed by atoms with van der Waals surface area (Å²) in [5.74, 6) is 0.966. The van der Waals surface area contributed by atoms with Crippen LogP contribution < -0.4 is 4.90 Å². The van der Waals surface area contributed by atoms with Crippen LogP contribution in [0.2, 0.25) is 5.15 Å². The lowest BCUT2D eigenvalue weighted by molar-refractivity contribution is 0.155. The van der Waals surface area contributed by atoms with Crippen LogP contribution in [0.4, 0.5) is 5.69 Å². The Morgan fingerprint density at radius 2 is 2.28 bits per heavy atom. The summed E-state index contributed by atoms with van der Waals surface area (Å²) >= 11 is 5.85. The van der Waals surface area contributed by atoms with Crippen LogP contribution in [0.1, 0.15) is 19.3 Å². The lowest BCUT2D eigenvalue weighted by Crippen LogP contribution is -2.46. The van der Waals surface area contributed by atoms with E-state index in [0.717, 1.165) is 12.5 Å². The molecule has 4 heterocycles. The Labute approximate surface area is 113 Å². The lowest BCUT2D eigenvalue weighted by Gasteiger charge is -2.36. The molecule has 1 aromatic heterocycles. The monoisotopic (exact) mass is 263 g/mol. The van der Waals surface area contributed by atoms with Gasteiger partial charge in [-0.25, -0.2) is 4.98 Å². The van der Waals surface area contributed by atoms with Crippen LogP contribution in [0.5, 0.6) is 0 Å². The number of halogens is 1. The van der Waals surface area contributed by atoms with Crippen LogP contribution in [0.25, 0.3) is 0 Å². The van der Waals surface area contributed by atoms with E-state index in [2.05, 4.69) is 20.9 Å². The molecular weight excluding hydrogens is 246 g/mol. The van der Waals surface area contributed by atoms with E-state index >= 15 is 0 Å². The fourth-order valence-electron chi connectivity index (χ4n) is 4.15. The first kappa shape index (κ1) is 11.1. The van der Waals surface area contributed by atoms with Gasteiger partial charge in [-0.05, 0) is 43.9 Å². The number of anilines is 1. The maximum atomic E-state index is 5.85. The van der Waals surface area contributed by atoms with Gasteiger partial charge in [-0.2, -0.15) is 0 Å². The highest BCUT2D eigenvalue weighted by atomic mass is 35.5. The van der Waals surface area contributed by atoms with E-state index in [-0.39, 0.29) is 0 Å². The van der Waals surface area contributed by atoms with Crippen molar-refractivity contribution in [1.82, 2.24) is 9.88 Å². The smallest absolute Gasteiger partial charge is 0.129 e. The van der Waals surface area contributed by atoms with Gasteiger partial charge < -0.3 is 4.90 Å². The molecule has 4 heteroatoms. The Morgan fingerprint density at radius 3 is 2.94 bits per heavy atom. The number of hydrogen-bond acceptors (Lipinski definition) is 3. The molecule has 3 aliphatic rings. The first-order valence-corrected chi connectivity index (χ1v) is 7.25. The molecule has 4 rings (SSSR count). The molecular formula is C14H18ClN3. The van der Waals surface area contributed by atoms with E-state index in [9.17, 15) is 0 Å². The van der Waals surface area contributed by atoms with Crippen molar-refractivity contribution < 1.29 is 0 Å². The van der Waals surface area contributed by atoms with E-state index < -0.39 is 0 Å². The van der Waals surface area contributed by atoms with Crippen molar-refractivity contribution >= 4 is 17.3 Å². The molecule has 96 valence electrons. The number of piperidine rings is 1. The molecule has 0 saturated carbocycles. The highest BCUT2D eigenvalue weighted by molar-refractivity contribution is 6.29. The molecule has 0 aromatic carbocycles. The van der Waals surface area contributed by atoms with Crippen molar-refractivity contribution in [2.45, 2.75) is 24.8 Å². The Bertz CT molecular complexity index is 461. The van der Waals surface area contributed by atoms with Crippen molar-refractivity contribution in [2.75, 3.05) is 31.1 Å². The van der Waals surface area contributed by atoms with Crippen LogP contribution >= 0.6 is 11.6 Å². The van der Waals surface area contributed by atoms with E-state index in [1.807, 2.05) is 12.3 Å². The van der Waals surface area contributed by atoms with Crippen LogP contribution in [-0.4, -0.2) is 41.6 Å². The van der Waals surface area contributed by atoms with Gasteiger partial charge in [-0.15, -0.1) is 0 Å². The molecule has 3 fully saturated rings. The topological polar surface area (TPSA) is 19.4 Å². The number of hydrogen-bond donors (Lipinski definition) is 0. The highest BCUT2D eigenvalue weighted by Gasteiger charge is 2.52. The minimum Gasteiger partial charge on any atom is -0.368 e. The van der Waals surface area contributed by atoms with Gasteiger partial charge in [0.2, 0.25) is 0 Å². The number of aromatic nitrogens is 1. The minimum absolute atomic E-state index is 0.475. The average molecular weight is 264 g/mol. The number of rotatable bonds is 1.